The summed E-state index contributed by atoms with van der Waals surface area (Å²) in [6.07, 6.45) is 1.32. The molecule has 0 radical (unpaired) electrons. The Bertz CT molecular complexity index is 504. The average Bonchev–Trinajstić information content (AvgIpc) is 2.74. The van der Waals surface area contributed by atoms with Gasteiger partial charge in [-0.05, 0) is 31.0 Å². The summed E-state index contributed by atoms with van der Waals surface area (Å²) in [4.78, 5) is 14.0. The zero-order chi connectivity index (χ0) is 15.4. The zero-order valence-electron chi connectivity index (χ0n) is 13.0. The number of hydrogen-bond acceptors (Lipinski definition) is 4. The van der Waals surface area contributed by atoms with E-state index < -0.39 is 0 Å². The summed E-state index contributed by atoms with van der Waals surface area (Å²) < 4.78 is 10.9. The maximum atomic E-state index is 12.1. The standard InChI is InChI=1S/C16H24N2O3/c1-4-8-18-15(19)10-12(17)16(18)11-6-7-13(20-3)14(9-11)21-5-2/h6-7,9,12,16H,4-5,8,10,17H2,1-3H3. The summed E-state index contributed by atoms with van der Waals surface area (Å²) in [5.74, 6) is 1.52. The number of amides is 1. The summed E-state index contributed by atoms with van der Waals surface area (Å²) in [5.41, 5.74) is 7.19. The van der Waals surface area contributed by atoms with Crippen molar-refractivity contribution in [1.82, 2.24) is 4.90 Å². The number of rotatable bonds is 6. The second-order valence-corrected chi connectivity index (χ2v) is 5.24. The fourth-order valence-corrected chi connectivity index (χ4v) is 2.89. The Labute approximate surface area is 126 Å². The van der Waals surface area contributed by atoms with Crippen LogP contribution in [0.3, 0.4) is 0 Å². The van der Waals surface area contributed by atoms with Gasteiger partial charge in [0.1, 0.15) is 0 Å². The summed E-state index contributed by atoms with van der Waals surface area (Å²) in [6, 6.07) is 5.52. The molecule has 1 aliphatic heterocycles. The van der Waals surface area contributed by atoms with Gasteiger partial charge in [0.15, 0.2) is 11.5 Å². The number of hydrogen-bond donors (Lipinski definition) is 1. The molecule has 2 rings (SSSR count). The van der Waals surface area contributed by atoms with Crippen molar-refractivity contribution in [1.29, 1.82) is 0 Å². The summed E-state index contributed by atoms with van der Waals surface area (Å²) in [7, 11) is 1.62. The molecule has 1 aliphatic rings. The number of carbonyl (C=O) groups is 1. The van der Waals surface area contributed by atoms with Crippen LogP contribution in [0.25, 0.3) is 0 Å². The van der Waals surface area contributed by atoms with Crippen LogP contribution in [0.1, 0.15) is 38.3 Å². The van der Waals surface area contributed by atoms with Gasteiger partial charge in [-0.1, -0.05) is 13.0 Å². The van der Waals surface area contributed by atoms with Gasteiger partial charge in [-0.25, -0.2) is 0 Å². The molecule has 1 aromatic carbocycles. The highest BCUT2D eigenvalue weighted by Gasteiger charge is 2.38. The van der Waals surface area contributed by atoms with Gasteiger partial charge in [0.25, 0.3) is 0 Å². The molecule has 0 saturated carbocycles. The Morgan fingerprint density at radius 3 is 2.71 bits per heavy atom. The predicted molar refractivity (Wildman–Crippen MR) is 81.5 cm³/mol. The van der Waals surface area contributed by atoms with E-state index in [4.69, 9.17) is 15.2 Å². The Balaban J connectivity index is 2.35. The Hall–Kier alpha value is -1.75. The number of nitrogens with zero attached hydrogens (tertiary/aromatic N) is 1. The largest absolute Gasteiger partial charge is 0.493 e. The van der Waals surface area contributed by atoms with Crippen molar-refractivity contribution in [3.63, 3.8) is 0 Å². The summed E-state index contributed by atoms with van der Waals surface area (Å²) in [6.45, 7) is 5.29. The molecule has 1 heterocycles. The van der Waals surface area contributed by atoms with Gasteiger partial charge in [0.2, 0.25) is 5.91 Å². The van der Waals surface area contributed by atoms with E-state index in [1.165, 1.54) is 0 Å². The molecule has 2 atom stereocenters. The van der Waals surface area contributed by atoms with Gasteiger partial charge in [-0.15, -0.1) is 0 Å². The SMILES string of the molecule is CCCN1C(=O)CC(N)C1c1ccc(OC)c(OCC)c1. The quantitative estimate of drug-likeness (QED) is 0.872. The highest BCUT2D eigenvalue weighted by atomic mass is 16.5. The smallest absolute Gasteiger partial charge is 0.224 e. The molecule has 0 aromatic heterocycles. The van der Waals surface area contributed by atoms with E-state index in [1.807, 2.05) is 30.0 Å². The number of carbonyl (C=O) groups excluding carboxylic acids is 1. The highest BCUT2D eigenvalue weighted by molar-refractivity contribution is 5.80. The normalized spacial score (nSPS) is 21.7. The molecule has 5 heteroatoms. The molecule has 0 aliphatic carbocycles. The molecule has 1 saturated heterocycles. The van der Waals surface area contributed by atoms with E-state index in [9.17, 15) is 4.79 Å². The first kappa shape index (κ1) is 15.6. The first-order chi connectivity index (χ1) is 10.1. The van der Waals surface area contributed by atoms with Crippen molar-refractivity contribution in [2.45, 2.75) is 38.8 Å². The average molecular weight is 292 g/mol. The minimum Gasteiger partial charge on any atom is -0.493 e. The van der Waals surface area contributed by atoms with Crippen LogP contribution in [0.4, 0.5) is 0 Å². The topological polar surface area (TPSA) is 64.8 Å². The zero-order valence-corrected chi connectivity index (χ0v) is 13.0. The molecule has 2 unspecified atom stereocenters. The fourth-order valence-electron chi connectivity index (χ4n) is 2.89. The molecular weight excluding hydrogens is 268 g/mol. The third kappa shape index (κ3) is 3.13. The van der Waals surface area contributed by atoms with Crippen LogP contribution in [0.15, 0.2) is 18.2 Å². The van der Waals surface area contributed by atoms with Crippen molar-refractivity contribution < 1.29 is 14.3 Å². The maximum absolute atomic E-state index is 12.1. The lowest BCUT2D eigenvalue weighted by molar-refractivity contribution is -0.129. The van der Waals surface area contributed by atoms with E-state index in [0.717, 1.165) is 18.5 Å². The van der Waals surface area contributed by atoms with Crippen molar-refractivity contribution in [2.75, 3.05) is 20.3 Å². The molecule has 21 heavy (non-hydrogen) atoms. The second-order valence-electron chi connectivity index (χ2n) is 5.24. The molecule has 0 bridgehead atoms. The first-order valence-corrected chi connectivity index (χ1v) is 7.48. The van der Waals surface area contributed by atoms with Gasteiger partial charge in [0, 0.05) is 19.0 Å². The molecular formula is C16H24N2O3. The lowest BCUT2D eigenvalue weighted by atomic mass is 10.00. The summed E-state index contributed by atoms with van der Waals surface area (Å²) >= 11 is 0. The van der Waals surface area contributed by atoms with E-state index in [0.29, 0.717) is 24.5 Å². The van der Waals surface area contributed by atoms with E-state index in [2.05, 4.69) is 6.92 Å². The second kappa shape index (κ2) is 6.80. The van der Waals surface area contributed by atoms with Crippen LogP contribution in [-0.2, 0) is 4.79 Å². The molecule has 0 spiro atoms. The third-order valence-electron chi connectivity index (χ3n) is 3.77. The third-order valence-corrected chi connectivity index (χ3v) is 3.77. The molecule has 1 aromatic rings. The number of ether oxygens (including phenoxy) is 2. The number of likely N-dealkylation sites (tertiary alicyclic amines) is 1. The molecule has 2 N–H and O–H groups in total. The van der Waals surface area contributed by atoms with Crippen molar-refractivity contribution >= 4 is 5.91 Å². The molecule has 5 nitrogen and oxygen atoms in total. The van der Waals surface area contributed by atoms with Crippen LogP contribution < -0.4 is 15.2 Å². The van der Waals surface area contributed by atoms with Gasteiger partial charge < -0.3 is 20.1 Å². The van der Waals surface area contributed by atoms with Crippen molar-refractivity contribution in [3.05, 3.63) is 23.8 Å². The highest BCUT2D eigenvalue weighted by Crippen LogP contribution is 2.37. The van der Waals surface area contributed by atoms with E-state index in [-0.39, 0.29) is 18.0 Å². The lowest BCUT2D eigenvalue weighted by Crippen LogP contribution is -2.33. The van der Waals surface area contributed by atoms with Crippen molar-refractivity contribution in [2.24, 2.45) is 5.73 Å². The van der Waals surface area contributed by atoms with E-state index in [1.54, 1.807) is 7.11 Å². The van der Waals surface area contributed by atoms with Gasteiger partial charge in [0.05, 0.1) is 19.8 Å². The lowest BCUT2D eigenvalue weighted by Gasteiger charge is -2.27. The first-order valence-electron chi connectivity index (χ1n) is 7.48. The minimum atomic E-state index is -0.174. The Morgan fingerprint density at radius 1 is 1.33 bits per heavy atom. The van der Waals surface area contributed by atoms with Crippen LogP contribution in [0.5, 0.6) is 11.5 Å². The maximum Gasteiger partial charge on any atom is 0.224 e. The number of methoxy groups -OCH3 is 1. The minimum absolute atomic E-state index is 0.0810. The van der Waals surface area contributed by atoms with E-state index >= 15 is 0 Å². The van der Waals surface area contributed by atoms with Crippen molar-refractivity contribution in [3.8, 4) is 11.5 Å². The van der Waals surface area contributed by atoms with Crippen LogP contribution >= 0.6 is 0 Å². The molecule has 1 amide bonds. The molecule has 1 fully saturated rings. The van der Waals surface area contributed by atoms with Gasteiger partial charge >= 0.3 is 0 Å². The van der Waals surface area contributed by atoms with Crippen LogP contribution in [0.2, 0.25) is 0 Å². The van der Waals surface area contributed by atoms with Crippen LogP contribution in [-0.4, -0.2) is 37.1 Å². The fraction of sp³-hybridized carbons (Fsp3) is 0.562. The Morgan fingerprint density at radius 2 is 2.10 bits per heavy atom. The molecule has 116 valence electrons. The summed E-state index contributed by atoms with van der Waals surface area (Å²) in [5, 5.41) is 0. The predicted octanol–water partition coefficient (Wildman–Crippen LogP) is 2.10. The van der Waals surface area contributed by atoms with Gasteiger partial charge in [-0.3, -0.25) is 4.79 Å². The monoisotopic (exact) mass is 292 g/mol. The number of benzene rings is 1. The van der Waals surface area contributed by atoms with Crippen LogP contribution in [0, 0.1) is 0 Å². The number of nitrogens with two attached hydrogens (primary N) is 1. The van der Waals surface area contributed by atoms with Gasteiger partial charge in [-0.2, -0.15) is 0 Å². The Kier molecular flexibility index (Phi) is 5.07.